The van der Waals surface area contributed by atoms with Gasteiger partial charge in [0, 0.05) is 69.8 Å². The number of nitrogens with zero attached hydrogens (tertiary/aromatic N) is 5. The van der Waals surface area contributed by atoms with Gasteiger partial charge in [0.25, 0.3) is 0 Å². The summed E-state index contributed by atoms with van der Waals surface area (Å²) >= 11 is 1.87. The minimum Gasteiger partial charge on any atom is -0.309 e. The number of para-hydroxylation sites is 3. The molecule has 12 rings (SSSR count). The predicted molar refractivity (Wildman–Crippen MR) is 238 cm³/mol. The Kier molecular flexibility index (Phi) is 7.03. The van der Waals surface area contributed by atoms with Gasteiger partial charge in [-0.15, -0.1) is 11.3 Å². The van der Waals surface area contributed by atoms with E-state index in [-0.39, 0.29) is 0 Å². The van der Waals surface area contributed by atoms with Crippen molar-refractivity contribution >= 4 is 75.1 Å². The third kappa shape index (κ3) is 4.98. The summed E-state index contributed by atoms with van der Waals surface area (Å²) in [4.78, 5) is 15.5. The maximum Gasteiger partial charge on any atom is 0.164 e. The predicted octanol–water partition coefficient (Wildman–Crippen LogP) is 13.4. The third-order valence-electron chi connectivity index (χ3n) is 11.2. The van der Waals surface area contributed by atoms with Crippen molar-refractivity contribution in [3.05, 3.63) is 188 Å². The number of rotatable bonds is 5. The second kappa shape index (κ2) is 12.6. The van der Waals surface area contributed by atoms with Crippen LogP contribution in [-0.2, 0) is 0 Å². The lowest BCUT2D eigenvalue weighted by Gasteiger charge is -2.12. The second-order valence-corrected chi connectivity index (χ2v) is 15.5. The standard InChI is InChI=1S/C51H31N5S/c1-3-14-32(15-4-1)49-52-50(54-51(53-49)34-26-28-44-41(31-34)37-20-7-10-23-42(37)55(44)35-17-5-2-6-18-35)33-16-13-19-36(30-33)56-43-24-11-8-22-40(43)47-45(56)29-27-39-38-21-9-12-25-46(38)57-48(39)47/h1-31H. The van der Waals surface area contributed by atoms with E-state index in [4.69, 9.17) is 15.0 Å². The molecule has 57 heavy (non-hydrogen) atoms. The van der Waals surface area contributed by atoms with Gasteiger partial charge in [-0.1, -0.05) is 121 Å². The molecule has 4 heterocycles. The summed E-state index contributed by atoms with van der Waals surface area (Å²) in [6.45, 7) is 0. The van der Waals surface area contributed by atoms with E-state index in [1.54, 1.807) is 0 Å². The van der Waals surface area contributed by atoms with E-state index in [0.717, 1.165) is 44.5 Å². The summed E-state index contributed by atoms with van der Waals surface area (Å²) in [6, 6.07) is 66.5. The van der Waals surface area contributed by atoms with Crippen molar-refractivity contribution in [3.8, 4) is 45.5 Å². The normalized spacial score (nSPS) is 11.9. The molecule has 0 spiro atoms. The fraction of sp³-hybridized carbons (Fsp3) is 0. The lowest BCUT2D eigenvalue weighted by molar-refractivity contribution is 1.07. The smallest absolute Gasteiger partial charge is 0.164 e. The molecule has 0 saturated heterocycles. The van der Waals surface area contributed by atoms with Crippen molar-refractivity contribution in [2.24, 2.45) is 0 Å². The van der Waals surface area contributed by atoms with E-state index in [2.05, 4.69) is 179 Å². The third-order valence-corrected chi connectivity index (χ3v) is 12.4. The quantitative estimate of drug-likeness (QED) is 0.176. The first-order chi connectivity index (χ1) is 28.3. The highest BCUT2D eigenvalue weighted by Gasteiger charge is 2.20. The monoisotopic (exact) mass is 745 g/mol. The molecule has 0 bridgehead atoms. The highest BCUT2D eigenvalue weighted by molar-refractivity contribution is 7.26. The number of thiophene rings is 1. The van der Waals surface area contributed by atoms with Crippen LogP contribution in [0, 0.1) is 0 Å². The number of fused-ring (bicyclic) bond motifs is 10. The van der Waals surface area contributed by atoms with Crippen LogP contribution in [0.3, 0.4) is 0 Å². The summed E-state index contributed by atoms with van der Waals surface area (Å²) in [5.41, 5.74) is 9.61. The number of hydrogen-bond acceptors (Lipinski definition) is 4. The summed E-state index contributed by atoms with van der Waals surface area (Å²) in [5, 5.41) is 7.46. The van der Waals surface area contributed by atoms with Gasteiger partial charge in [0.15, 0.2) is 17.5 Å². The second-order valence-electron chi connectivity index (χ2n) is 14.4. The lowest BCUT2D eigenvalue weighted by atomic mass is 10.1. The summed E-state index contributed by atoms with van der Waals surface area (Å²) < 4.78 is 7.33. The molecule has 0 aliphatic heterocycles. The molecule has 0 unspecified atom stereocenters. The Morgan fingerprint density at radius 2 is 0.877 bits per heavy atom. The van der Waals surface area contributed by atoms with E-state index < -0.39 is 0 Å². The van der Waals surface area contributed by atoms with Crippen LogP contribution in [0.1, 0.15) is 0 Å². The zero-order valence-corrected chi connectivity index (χ0v) is 31.4. The van der Waals surface area contributed by atoms with Gasteiger partial charge in [-0.05, 0) is 66.7 Å². The Bertz CT molecular complexity index is 3520. The molecule has 4 aromatic heterocycles. The number of aromatic nitrogens is 5. The topological polar surface area (TPSA) is 48.5 Å². The molecular formula is C51H31N5S. The first kappa shape index (κ1) is 31.9. The Labute approximate surface area is 331 Å². The van der Waals surface area contributed by atoms with Crippen molar-refractivity contribution in [2.75, 3.05) is 0 Å². The molecular weight excluding hydrogens is 715 g/mol. The van der Waals surface area contributed by atoms with Crippen LogP contribution in [0.4, 0.5) is 0 Å². The van der Waals surface area contributed by atoms with Gasteiger partial charge in [-0.2, -0.15) is 0 Å². The van der Waals surface area contributed by atoms with Gasteiger partial charge < -0.3 is 9.13 Å². The van der Waals surface area contributed by atoms with Crippen molar-refractivity contribution < 1.29 is 0 Å². The molecule has 12 aromatic rings. The maximum atomic E-state index is 5.23. The van der Waals surface area contributed by atoms with Gasteiger partial charge in [0.1, 0.15) is 0 Å². The van der Waals surface area contributed by atoms with Crippen LogP contribution < -0.4 is 0 Å². The van der Waals surface area contributed by atoms with Crippen LogP contribution in [-0.4, -0.2) is 24.1 Å². The Balaban J connectivity index is 1.05. The van der Waals surface area contributed by atoms with Crippen LogP contribution in [0.5, 0.6) is 0 Å². The fourth-order valence-electron chi connectivity index (χ4n) is 8.61. The Hall–Kier alpha value is -7.41. The average molecular weight is 746 g/mol. The molecule has 0 fully saturated rings. The molecule has 8 aromatic carbocycles. The van der Waals surface area contributed by atoms with E-state index in [1.165, 1.54) is 47.4 Å². The largest absolute Gasteiger partial charge is 0.309 e. The van der Waals surface area contributed by atoms with Gasteiger partial charge in [-0.25, -0.2) is 15.0 Å². The lowest BCUT2D eigenvalue weighted by Crippen LogP contribution is -2.01. The molecule has 0 aliphatic rings. The highest BCUT2D eigenvalue weighted by atomic mass is 32.1. The SMILES string of the molecule is c1ccc(-c2nc(-c3cccc(-n4c5ccccc5c5c6sc7ccccc7c6ccc54)c3)nc(-c3ccc4c(c3)c3ccccc3n4-c3ccccc3)n2)cc1. The van der Waals surface area contributed by atoms with E-state index >= 15 is 0 Å². The fourth-order valence-corrected chi connectivity index (χ4v) is 9.87. The zero-order valence-electron chi connectivity index (χ0n) is 30.5. The van der Waals surface area contributed by atoms with Crippen LogP contribution in [0.15, 0.2) is 188 Å². The van der Waals surface area contributed by atoms with Crippen molar-refractivity contribution in [1.82, 2.24) is 24.1 Å². The molecule has 0 radical (unpaired) electrons. The van der Waals surface area contributed by atoms with Crippen LogP contribution in [0.2, 0.25) is 0 Å². The highest BCUT2D eigenvalue weighted by Crippen LogP contribution is 2.43. The van der Waals surface area contributed by atoms with E-state index in [9.17, 15) is 0 Å². The van der Waals surface area contributed by atoms with Gasteiger partial charge in [-0.3, -0.25) is 0 Å². The molecule has 0 atom stereocenters. The molecule has 0 aliphatic carbocycles. The average Bonchev–Trinajstić information content (AvgIpc) is 3.94. The van der Waals surface area contributed by atoms with Gasteiger partial charge >= 0.3 is 0 Å². The first-order valence-electron chi connectivity index (χ1n) is 19.1. The molecule has 6 heteroatoms. The summed E-state index contributed by atoms with van der Waals surface area (Å²) in [7, 11) is 0. The molecule has 266 valence electrons. The zero-order chi connectivity index (χ0) is 37.5. The van der Waals surface area contributed by atoms with Gasteiger partial charge in [0.2, 0.25) is 0 Å². The van der Waals surface area contributed by atoms with Crippen molar-refractivity contribution in [3.63, 3.8) is 0 Å². The number of hydrogen-bond donors (Lipinski definition) is 0. The van der Waals surface area contributed by atoms with Crippen LogP contribution in [0.25, 0.3) is 109 Å². The summed E-state index contributed by atoms with van der Waals surface area (Å²) in [6.07, 6.45) is 0. The first-order valence-corrected chi connectivity index (χ1v) is 19.9. The van der Waals surface area contributed by atoms with Gasteiger partial charge in [0.05, 0.1) is 22.1 Å². The molecule has 0 amide bonds. The minimum atomic E-state index is 0.625. The molecule has 0 saturated carbocycles. The van der Waals surface area contributed by atoms with Crippen molar-refractivity contribution in [2.45, 2.75) is 0 Å². The molecule has 0 N–H and O–H groups in total. The van der Waals surface area contributed by atoms with Crippen LogP contribution >= 0.6 is 11.3 Å². The number of benzene rings is 8. The summed E-state index contributed by atoms with van der Waals surface area (Å²) in [5.74, 6) is 1.89. The Morgan fingerprint density at radius 3 is 1.67 bits per heavy atom. The van der Waals surface area contributed by atoms with Crippen molar-refractivity contribution in [1.29, 1.82) is 0 Å². The van der Waals surface area contributed by atoms with E-state index in [0.29, 0.717) is 17.5 Å². The Morgan fingerprint density at radius 1 is 0.333 bits per heavy atom. The molecule has 5 nitrogen and oxygen atoms in total. The van der Waals surface area contributed by atoms with E-state index in [1.807, 2.05) is 29.5 Å². The minimum absolute atomic E-state index is 0.625. The maximum absolute atomic E-state index is 5.23.